The van der Waals surface area contributed by atoms with Gasteiger partial charge in [-0.2, -0.15) is 0 Å². The van der Waals surface area contributed by atoms with Gasteiger partial charge in [-0.15, -0.1) is 0 Å². The second-order valence-electron chi connectivity index (χ2n) is 8.11. The summed E-state index contributed by atoms with van der Waals surface area (Å²) in [5.74, 6) is -1.18. The van der Waals surface area contributed by atoms with Gasteiger partial charge < -0.3 is 9.36 Å². The molecule has 6 heteroatoms. The van der Waals surface area contributed by atoms with Crippen LogP contribution in [0.3, 0.4) is 0 Å². The lowest BCUT2D eigenvalue weighted by atomic mass is 9.76. The number of carbonyl (C=O) groups excluding carboxylic acids is 1. The lowest BCUT2D eigenvalue weighted by molar-refractivity contribution is -0.484. The van der Waals surface area contributed by atoms with Gasteiger partial charge in [-0.25, -0.2) is 4.98 Å². The van der Waals surface area contributed by atoms with E-state index in [9.17, 15) is 14.9 Å². The van der Waals surface area contributed by atoms with Gasteiger partial charge in [0.25, 0.3) is 0 Å². The Morgan fingerprint density at radius 2 is 1.36 bits per heavy atom. The molecule has 1 heterocycles. The molecule has 0 saturated carbocycles. The van der Waals surface area contributed by atoms with Crippen molar-refractivity contribution in [3.8, 4) is 0 Å². The first-order valence-electron chi connectivity index (χ1n) is 10.9. The van der Waals surface area contributed by atoms with Gasteiger partial charge in [-0.05, 0) is 16.7 Å². The number of aldehydes is 1. The molecule has 0 aliphatic carbocycles. The van der Waals surface area contributed by atoms with Crippen molar-refractivity contribution in [1.29, 1.82) is 0 Å². The van der Waals surface area contributed by atoms with E-state index in [4.69, 9.17) is 0 Å². The van der Waals surface area contributed by atoms with Gasteiger partial charge in [-0.1, -0.05) is 97.9 Å². The zero-order valence-corrected chi connectivity index (χ0v) is 18.3. The third-order valence-electron chi connectivity index (χ3n) is 6.18. The molecule has 0 bridgehead atoms. The molecule has 6 nitrogen and oxygen atoms in total. The fourth-order valence-electron chi connectivity index (χ4n) is 4.60. The van der Waals surface area contributed by atoms with Gasteiger partial charge in [0.2, 0.25) is 6.54 Å². The topological polar surface area (TPSA) is 78.0 Å². The molecule has 0 aliphatic heterocycles. The lowest BCUT2D eigenvalue weighted by Gasteiger charge is -2.39. The maximum Gasteiger partial charge on any atom is 0.212 e. The van der Waals surface area contributed by atoms with Crippen molar-refractivity contribution in [2.75, 3.05) is 6.54 Å². The van der Waals surface area contributed by atoms with Gasteiger partial charge in [-0.3, -0.25) is 10.1 Å². The van der Waals surface area contributed by atoms with Crippen LogP contribution in [-0.2, 0) is 10.3 Å². The zero-order chi connectivity index (χ0) is 23.3. The summed E-state index contributed by atoms with van der Waals surface area (Å²) in [6.45, 7) is 1.35. The minimum Gasteiger partial charge on any atom is -0.316 e. The highest BCUT2D eigenvalue weighted by atomic mass is 16.6. The second-order valence-corrected chi connectivity index (χ2v) is 8.11. The Balaban J connectivity index is 2.09. The molecular formula is C27H25N3O3. The van der Waals surface area contributed by atoms with E-state index < -0.39 is 17.4 Å². The van der Waals surface area contributed by atoms with E-state index >= 15 is 0 Å². The van der Waals surface area contributed by atoms with Crippen LogP contribution in [0.1, 0.15) is 35.2 Å². The number of hydrogen-bond acceptors (Lipinski definition) is 4. The van der Waals surface area contributed by atoms with Crippen molar-refractivity contribution < 1.29 is 9.72 Å². The molecule has 0 saturated heterocycles. The first-order chi connectivity index (χ1) is 16.1. The Hall–Kier alpha value is -4.06. The number of aromatic nitrogens is 2. The standard InChI is InChI=1S/C27H25N3O3/c1-21(19-31)25(18-30(32)33)26-17-28-20-29(26)27(22-11-5-2-6-12-22,23-13-7-3-8-14-23)24-15-9-4-10-16-24/h2-17,19-21,25H,18H2,1H3/t21-,25-/m0/s1. The van der Waals surface area contributed by atoms with Crippen LogP contribution in [-0.4, -0.2) is 27.3 Å². The van der Waals surface area contributed by atoms with Crippen LogP contribution in [0.4, 0.5) is 0 Å². The molecule has 4 aromatic rings. The van der Waals surface area contributed by atoms with Gasteiger partial charge in [0.05, 0.1) is 12.2 Å². The third kappa shape index (κ3) is 4.07. The molecule has 33 heavy (non-hydrogen) atoms. The summed E-state index contributed by atoms with van der Waals surface area (Å²) < 4.78 is 2.00. The molecule has 0 N–H and O–H groups in total. The number of benzene rings is 3. The molecule has 0 aliphatic rings. The number of carbonyl (C=O) groups is 1. The van der Waals surface area contributed by atoms with Crippen molar-refractivity contribution in [2.24, 2.45) is 5.92 Å². The summed E-state index contributed by atoms with van der Waals surface area (Å²) in [7, 11) is 0. The smallest absolute Gasteiger partial charge is 0.212 e. The largest absolute Gasteiger partial charge is 0.316 e. The normalized spacial score (nSPS) is 13.2. The Labute approximate surface area is 192 Å². The van der Waals surface area contributed by atoms with Crippen molar-refractivity contribution in [3.05, 3.63) is 136 Å². The van der Waals surface area contributed by atoms with Crippen molar-refractivity contribution >= 4 is 6.29 Å². The molecule has 2 atom stereocenters. The number of nitro groups is 1. The highest BCUT2D eigenvalue weighted by Gasteiger charge is 2.41. The quantitative estimate of drug-likeness (QED) is 0.161. The lowest BCUT2D eigenvalue weighted by Crippen LogP contribution is -2.40. The SMILES string of the molecule is C[C@@H](C=O)[C@H](C[N+](=O)[O-])c1cncn1C(c1ccccc1)(c1ccccc1)c1ccccc1. The molecule has 1 aromatic heterocycles. The van der Waals surface area contributed by atoms with Gasteiger partial charge >= 0.3 is 0 Å². The fourth-order valence-corrected chi connectivity index (χ4v) is 4.60. The summed E-state index contributed by atoms with van der Waals surface area (Å²) in [4.78, 5) is 27.4. The van der Waals surface area contributed by atoms with Crippen LogP contribution in [0.2, 0.25) is 0 Å². The van der Waals surface area contributed by atoms with Gasteiger partial charge in [0.1, 0.15) is 11.8 Å². The summed E-state index contributed by atoms with van der Waals surface area (Å²) in [5.41, 5.74) is 2.76. The number of rotatable bonds is 9. The average molecular weight is 440 g/mol. The summed E-state index contributed by atoms with van der Waals surface area (Å²) >= 11 is 0. The monoisotopic (exact) mass is 439 g/mol. The Morgan fingerprint density at radius 3 is 1.76 bits per heavy atom. The average Bonchev–Trinajstić information content (AvgIpc) is 3.34. The first kappa shape index (κ1) is 22.1. The number of hydrogen-bond donors (Lipinski definition) is 0. The molecule has 4 rings (SSSR count). The second kappa shape index (κ2) is 9.61. The van der Waals surface area contributed by atoms with E-state index in [1.165, 1.54) is 0 Å². The van der Waals surface area contributed by atoms with Crippen molar-refractivity contribution in [3.63, 3.8) is 0 Å². The summed E-state index contributed by atoms with van der Waals surface area (Å²) in [6.07, 6.45) is 4.14. The van der Waals surface area contributed by atoms with Crippen molar-refractivity contribution in [1.82, 2.24) is 9.55 Å². The van der Waals surface area contributed by atoms with Crippen LogP contribution in [0.15, 0.2) is 104 Å². The maximum atomic E-state index is 11.7. The van der Waals surface area contributed by atoms with E-state index in [1.807, 2.05) is 59.2 Å². The zero-order valence-electron chi connectivity index (χ0n) is 18.3. The number of imidazole rings is 1. The molecule has 0 radical (unpaired) electrons. The predicted octanol–water partition coefficient (Wildman–Crippen LogP) is 4.92. The van der Waals surface area contributed by atoms with E-state index in [2.05, 4.69) is 41.4 Å². The molecule has 0 unspecified atom stereocenters. The molecule has 3 aromatic carbocycles. The van der Waals surface area contributed by atoms with E-state index in [-0.39, 0.29) is 11.5 Å². The summed E-state index contributed by atoms with van der Waals surface area (Å²) in [6, 6.07) is 30.1. The Kier molecular flexibility index (Phi) is 6.45. The highest BCUT2D eigenvalue weighted by Crippen LogP contribution is 2.43. The van der Waals surface area contributed by atoms with Gasteiger partial charge in [0.15, 0.2) is 0 Å². The predicted molar refractivity (Wildman–Crippen MR) is 127 cm³/mol. The summed E-state index contributed by atoms with van der Waals surface area (Å²) in [5, 5.41) is 11.6. The molecular weight excluding hydrogens is 414 g/mol. The van der Waals surface area contributed by atoms with E-state index in [0.29, 0.717) is 5.69 Å². The van der Waals surface area contributed by atoms with Crippen LogP contribution < -0.4 is 0 Å². The number of nitrogens with zero attached hydrogens (tertiary/aromatic N) is 3. The molecule has 0 fully saturated rings. The fraction of sp³-hybridized carbons (Fsp3) is 0.185. The molecule has 166 valence electrons. The van der Waals surface area contributed by atoms with Crippen molar-refractivity contribution in [2.45, 2.75) is 18.4 Å². The molecule has 0 spiro atoms. The van der Waals surface area contributed by atoms with Gasteiger partial charge in [0, 0.05) is 22.7 Å². The van der Waals surface area contributed by atoms with Crippen LogP contribution in [0, 0.1) is 16.0 Å². The first-order valence-corrected chi connectivity index (χ1v) is 10.9. The van der Waals surface area contributed by atoms with Crippen LogP contribution in [0.25, 0.3) is 0 Å². The Bertz CT molecular complexity index is 1110. The van der Waals surface area contributed by atoms with E-state index in [1.54, 1.807) is 19.4 Å². The molecule has 0 amide bonds. The van der Waals surface area contributed by atoms with Crippen LogP contribution in [0.5, 0.6) is 0 Å². The van der Waals surface area contributed by atoms with E-state index in [0.717, 1.165) is 23.0 Å². The maximum absolute atomic E-state index is 11.7. The minimum atomic E-state index is -0.840. The minimum absolute atomic E-state index is 0.361. The Morgan fingerprint density at radius 1 is 0.909 bits per heavy atom. The third-order valence-corrected chi connectivity index (χ3v) is 6.18. The highest BCUT2D eigenvalue weighted by molar-refractivity contribution is 5.56. The van der Waals surface area contributed by atoms with Crippen LogP contribution >= 0.6 is 0 Å².